The van der Waals surface area contributed by atoms with E-state index < -0.39 is 0 Å². The fraction of sp³-hybridized carbons (Fsp3) is 0.692. The predicted octanol–water partition coefficient (Wildman–Crippen LogP) is 2.35. The fourth-order valence-electron chi connectivity index (χ4n) is 1.61. The fourth-order valence-corrected chi connectivity index (χ4v) is 1.61. The molecule has 1 rings (SSSR count). The van der Waals surface area contributed by atoms with Gasteiger partial charge in [0, 0.05) is 18.5 Å². The summed E-state index contributed by atoms with van der Waals surface area (Å²) < 4.78 is 1.97. The first-order chi connectivity index (χ1) is 8.11. The van der Waals surface area contributed by atoms with E-state index in [1.54, 1.807) is 6.33 Å². The third-order valence-electron chi connectivity index (χ3n) is 2.47. The van der Waals surface area contributed by atoms with Crippen LogP contribution in [-0.4, -0.2) is 27.4 Å². The zero-order chi connectivity index (χ0) is 12.7. The van der Waals surface area contributed by atoms with Gasteiger partial charge < -0.3 is 5.32 Å². The molecule has 1 aromatic rings. The predicted molar refractivity (Wildman–Crippen MR) is 71.0 cm³/mol. The summed E-state index contributed by atoms with van der Waals surface area (Å²) in [7, 11) is 0. The minimum atomic E-state index is 0.378. The highest BCUT2D eigenvalue weighted by molar-refractivity contribution is 4.96. The van der Waals surface area contributed by atoms with Gasteiger partial charge in [-0.25, -0.2) is 9.67 Å². The van der Waals surface area contributed by atoms with Crippen molar-refractivity contribution in [3.8, 4) is 0 Å². The van der Waals surface area contributed by atoms with E-state index in [4.69, 9.17) is 0 Å². The van der Waals surface area contributed by atoms with Crippen molar-refractivity contribution in [1.29, 1.82) is 0 Å². The van der Waals surface area contributed by atoms with Crippen LogP contribution >= 0.6 is 0 Å². The first-order valence-electron chi connectivity index (χ1n) is 6.38. The Hall–Kier alpha value is -1.16. The van der Waals surface area contributed by atoms with Crippen molar-refractivity contribution in [2.45, 2.75) is 52.6 Å². The lowest BCUT2D eigenvalue weighted by molar-refractivity contribution is 0.511. The second-order valence-electron chi connectivity index (χ2n) is 4.79. The van der Waals surface area contributed by atoms with Crippen LogP contribution in [0.15, 0.2) is 18.5 Å². The third kappa shape index (κ3) is 5.13. The molecule has 4 heteroatoms. The Bertz CT molecular complexity index is 339. The van der Waals surface area contributed by atoms with Gasteiger partial charge in [-0.3, -0.25) is 0 Å². The first kappa shape index (κ1) is 13.9. The van der Waals surface area contributed by atoms with Gasteiger partial charge in [0.25, 0.3) is 0 Å². The topological polar surface area (TPSA) is 42.7 Å². The van der Waals surface area contributed by atoms with Crippen LogP contribution in [0.25, 0.3) is 0 Å². The lowest BCUT2D eigenvalue weighted by Gasteiger charge is -2.07. The zero-order valence-corrected chi connectivity index (χ0v) is 11.3. The Balaban J connectivity index is 2.30. The molecule has 1 aromatic heterocycles. The van der Waals surface area contributed by atoms with Crippen molar-refractivity contribution in [3.05, 3.63) is 24.3 Å². The highest BCUT2D eigenvalue weighted by atomic mass is 15.3. The van der Waals surface area contributed by atoms with E-state index in [0.29, 0.717) is 12.1 Å². The Kier molecular flexibility index (Phi) is 5.91. The van der Waals surface area contributed by atoms with Crippen LogP contribution < -0.4 is 5.32 Å². The molecule has 0 fully saturated rings. The van der Waals surface area contributed by atoms with Crippen molar-refractivity contribution < 1.29 is 0 Å². The monoisotopic (exact) mass is 236 g/mol. The van der Waals surface area contributed by atoms with Crippen LogP contribution in [0, 0.1) is 0 Å². The van der Waals surface area contributed by atoms with Crippen molar-refractivity contribution in [1.82, 2.24) is 20.1 Å². The number of nitrogens with one attached hydrogen (secondary N) is 1. The molecular weight excluding hydrogens is 212 g/mol. The highest BCUT2D eigenvalue weighted by Gasteiger charge is 2.04. The second-order valence-corrected chi connectivity index (χ2v) is 4.79. The molecule has 0 amide bonds. The number of aromatic nitrogens is 3. The molecule has 17 heavy (non-hydrogen) atoms. The summed E-state index contributed by atoms with van der Waals surface area (Å²) in [6.07, 6.45) is 7.93. The quantitative estimate of drug-likeness (QED) is 0.583. The zero-order valence-electron chi connectivity index (χ0n) is 11.3. The van der Waals surface area contributed by atoms with Crippen LogP contribution in [0.1, 0.15) is 46.0 Å². The molecule has 0 saturated heterocycles. The van der Waals surface area contributed by atoms with E-state index in [1.165, 1.54) is 0 Å². The summed E-state index contributed by atoms with van der Waals surface area (Å²) in [4.78, 5) is 4.27. The van der Waals surface area contributed by atoms with E-state index in [1.807, 2.05) is 4.68 Å². The molecule has 96 valence electrons. The molecule has 0 aliphatic carbocycles. The summed E-state index contributed by atoms with van der Waals surface area (Å²) in [6, 6.07) is 0.941. The molecule has 0 radical (unpaired) electrons. The Morgan fingerprint density at radius 2 is 2.06 bits per heavy atom. The maximum atomic E-state index is 4.27. The van der Waals surface area contributed by atoms with Gasteiger partial charge >= 0.3 is 0 Å². The molecule has 0 saturated carbocycles. The highest BCUT2D eigenvalue weighted by Crippen LogP contribution is 2.06. The summed E-state index contributed by atoms with van der Waals surface area (Å²) in [5, 5.41) is 7.60. The Morgan fingerprint density at radius 1 is 1.29 bits per heavy atom. The van der Waals surface area contributed by atoms with Gasteiger partial charge in [0.15, 0.2) is 0 Å². The number of rotatable bonds is 7. The summed E-state index contributed by atoms with van der Waals surface area (Å²) in [6.45, 7) is 9.59. The molecule has 0 spiro atoms. The van der Waals surface area contributed by atoms with Gasteiger partial charge in [-0.05, 0) is 26.8 Å². The first-order valence-corrected chi connectivity index (χ1v) is 6.38. The Morgan fingerprint density at radius 3 is 2.71 bits per heavy atom. The molecule has 0 aliphatic heterocycles. The molecule has 0 unspecified atom stereocenters. The van der Waals surface area contributed by atoms with Crippen LogP contribution in [0.3, 0.4) is 0 Å². The van der Waals surface area contributed by atoms with E-state index in [2.05, 4.69) is 55.2 Å². The largest absolute Gasteiger partial charge is 0.314 e. The molecule has 1 heterocycles. The second kappa shape index (κ2) is 7.22. The number of allylic oxidation sites excluding steroid dienone is 1. The summed E-state index contributed by atoms with van der Waals surface area (Å²) in [5.74, 6) is 1.04. The SMILES string of the molecule is CC(C)NCCC=CCc1ncnn1C(C)C. The van der Waals surface area contributed by atoms with E-state index in [0.717, 1.165) is 25.2 Å². The average molecular weight is 236 g/mol. The molecule has 0 atom stereocenters. The van der Waals surface area contributed by atoms with E-state index in [-0.39, 0.29) is 0 Å². The molecular formula is C13H24N4. The molecule has 4 nitrogen and oxygen atoms in total. The minimum Gasteiger partial charge on any atom is -0.314 e. The van der Waals surface area contributed by atoms with Gasteiger partial charge in [0.05, 0.1) is 0 Å². The van der Waals surface area contributed by atoms with Gasteiger partial charge in [-0.1, -0.05) is 26.0 Å². The third-order valence-corrected chi connectivity index (χ3v) is 2.47. The smallest absolute Gasteiger partial charge is 0.138 e. The normalized spacial score (nSPS) is 12.1. The molecule has 1 N–H and O–H groups in total. The van der Waals surface area contributed by atoms with Gasteiger partial charge in [0.2, 0.25) is 0 Å². The summed E-state index contributed by atoms with van der Waals surface area (Å²) >= 11 is 0. The van der Waals surface area contributed by atoms with Crippen molar-refractivity contribution in [3.63, 3.8) is 0 Å². The van der Waals surface area contributed by atoms with Gasteiger partial charge in [-0.2, -0.15) is 5.10 Å². The molecule has 0 aliphatic rings. The van der Waals surface area contributed by atoms with Gasteiger partial charge in [-0.15, -0.1) is 0 Å². The maximum Gasteiger partial charge on any atom is 0.138 e. The minimum absolute atomic E-state index is 0.378. The summed E-state index contributed by atoms with van der Waals surface area (Å²) in [5.41, 5.74) is 0. The molecule has 0 aromatic carbocycles. The molecule has 0 bridgehead atoms. The standard InChI is InChI=1S/C13H24N4/c1-11(2)14-9-7-5-6-8-13-15-10-16-17(13)12(3)4/h5-6,10-12,14H,7-9H2,1-4H3. The Labute approximate surface area is 104 Å². The lowest BCUT2D eigenvalue weighted by atomic mass is 10.3. The number of hydrogen-bond donors (Lipinski definition) is 1. The van der Waals surface area contributed by atoms with Crippen molar-refractivity contribution in [2.24, 2.45) is 0 Å². The average Bonchev–Trinajstić information content (AvgIpc) is 2.71. The van der Waals surface area contributed by atoms with Crippen molar-refractivity contribution in [2.75, 3.05) is 6.54 Å². The van der Waals surface area contributed by atoms with Crippen LogP contribution in [0.2, 0.25) is 0 Å². The van der Waals surface area contributed by atoms with E-state index in [9.17, 15) is 0 Å². The van der Waals surface area contributed by atoms with Gasteiger partial charge in [0.1, 0.15) is 12.2 Å². The van der Waals surface area contributed by atoms with Crippen LogP contribution in [0.4, 0.5) is 0 Å². The van der Waals surface area contributed by atoms with E-state index >= 15 is 0 Å². The lowest BCUT2D eigenvalue weighted by Crippen LogP contribution is -2.23. The number of hydrogen-bond acceptors (Lipinski definition) is 3. The van der Waals surface area contributed by atoms with Crippen LogP contribution in [0.5, 0.6) is 0 Å². The number of nitrogens with zero attached hydrogens (tertiary/aromatic N) is 3. The maximum absolute atomic E-state index is 4.27. The van der Waals surface area contributed by atoms with Crippen molar-refractivity contribution >= 4 is 0 Å². The van der Waals surface area contributed by atoms with Crippen LogP contribution in [-0.2, 0) is 6.42 Å².